The quantitative estimate of drug-likeness (QED) is 0.672. The maximum atomic E-state index is 9.77. The van der Waals surface area contributed by atoms with Crippen LogP contribution >= 0.6 is 11.6 Å². The van der Waals surface area contributed by atoms with E-state index in [2.05, 4.69) is 15.2 Å². The largest absolute Gasteiger partial charge is 0.506 e. The number of phenols is 1. The van der Waals surface area contributed by atoms with Gasteiger partial charge in [-0.3, -0.25) is 4.98 Å². The van der Waals surface area contributed by atoms with Crippen molar-refractivity contribution in [3.63, 3.8) is 0 Å². The van der Waals surface area contributed by atoms with Crippen LogP contribution in [-0.4, -0.2) is 10.1 Å². The number of azo groups is 1. The molecule has 1 heterocycles. The zero-order valence-electron chi connectivity index (χ0n) is 10.4. The first-order chi connectivity index (χ1) is 9.75. The van der Waals surface area contributed by atoms with Crippen LogP contribution in [0.2, 0.25) is 5.02 Å². The second-order valence-electron chi connectivity index (χ2n) is 4.15. The summed E-state index contributed by atoms with van der Waals surface area (Å²) in [6, 6.07) is 14.1. The summed E-state index contributed by atoms with van der Waals surface area (Å²) in [6.07, 6.45) is 1.62. The van der Waals surface area contributed by atoms with Crippen molar-refractivity contribution in [2.75, 3.05) is 0 Å². The Morgan fingerprint density at radius 2 is 1.70 bits per heavy atom. The van der Waals surface area contributed by atoms with Crippen molar-refractivity contribution in [2.45, 2.75) is 0 Å². The molecular formula is C15H10ClN3O. The van der Waals surface area contributed by atoms with Crippen LogP contribution in [0.25, 0.3) is 10.9 Å². The summed E-state index contributed by atoms with van der Waals surface area (Å²) < 4.78 is 0. The van der Waals surface area contributed by atoms with Gasteiger partial charge in [0.15, 0.2) is 0 Å². The first-order valence-electron chi connectivity index (χ1n) is 5.98. The lowest BCUT2D eigenvalue weighted by Crippen LogP contribution is -1.79. The number of benzene rings is 2. The van der Waals surface area contributed by atoms with Gasteiger partial charge in [0.05, 0.1) is 10.7 Å². The van der Waals surface area contributed by atoms with Crippen LogP contribution in [0.5, 0.6) is 5.75 Å². The SMILES string of the molecule is Oc1ccc(N=Nc2ccccc2Cl)c2cccnc12. The van der Waals surface area contributed by atoms with Gasteiger partial charge in [-0.1, -0.05) is 23.7 Å². The predicted octanol–water partition coefficient (Wildman–Crippen LogP) is 5.01. The van der Waals surface area contributed by atoms with Crippen molar-refractivity contribution in [2.24, 2.45) is 10.2 Å². The molecule has 20 heavy (non-hydrogen) atoms. The highest BCUT2D eigenvalue weighted by Gasteiger charge is 2.05. The molecule has 5 heteroatoms. The van der Waals surface area contributed by atoms with Crippen LogP contribution in [0.3, 0.4) is 0 Å². The van der Waals surface area contributed by atoms with E-state index < -0.39 is 0 Å². The van der Waals surface area contributed by atoms with E-state index in [1.165, 1.54) is 0 Å². The Balaban J connectivity index is 2.08. The van der Waals surface area contributed by atoms with E-state index in [4.69, 9.17) is 11.6 Å². The van der Waals surface area contributed by atoms with Gasteiger partial charge < -0.3 is 5.11 Å². The van der Waals surface area contributed by atoms with Crippen LogP contribution in [0, 0.1) is 0 Å². The van der Waals surface area contributed by atoms with Gasteiger partial charge in [-0.25, -0.2) is 0 Å². The van der Waals surface area contributed by atoms with Crippen LogP contribution in [0.1, 0.15) is 0 Å². The number of nitrogens with zero attached hydrogens (tertiary/aromatic N) is 3. The van der Waals surface area contributed by atoms with E-state index in [-0.39, 0.29) is 5.75 Å². The third kappa shape index (κ3) is 2.33. The van der Waals surface area contributed by atoms with Gasteiger partial charge in [0.1, 0.15) is 17.0 Å². The van der Waals surface area contributed by atoms with Crippen molar-refractivity contribution < 1.29 is 5.11 Å². The van der Waals surface area contributed by atoms with Gasteiger partial charge in [-0.2, -0.15) is 0 Å². The molecule has 0 unspecified atom stereocenters. The number of aromatic hydroxyl groups is 1. The third-order valence-corrected chi connectivity index (χ3v) is 3.16. The fourth-order valence-electron chi connectivity index (χ4n) is 1.87. The van der Waals surface area contributed by atoms with Crippen LogP contribution in [-0.2, 0) is 0 Å². The first kappa shape index (κ1) is 12.6. The number of pyridine rings is 1. The zero-order chi connectivity index (χ0) is 13.9. The molecule has 1 aromatic heterocycles. The summed E-state index contributed by atoms with van der Waals surface area (Å²) in [6.45, 7) is 0. The Labute approximate surface area is 120 Å². The molecule has 0 spiro atoms. The van der Waals surface area contributed by atoms with Gasteiger partial charge in [0.25, 0.3) is 0 Å². The van der Waals surface area contributed by atoms with Gasteiger partial charge in [0, 0.05) is 11.6 Å². The lowest BCUT2D eigenvalue weighted by molar-refractivity contribution is 0.480. The molecule has 0 atom stereocenters. The van der Waals surface area contributed by atoms with Crippen LogP contribution in [0.4, 0.5) is 11.4 Å². The number of fused-ring (bicyclic) bond motifs is 1. The maximum absolute atomic E-state index is 9.77. The first-order valence-corrected chi connectivity index (χ1v) is 6.36. The molecule has 0 aliphatic carbocycles. The minimum Gasteiger partial charge on any atom is -0.506 e. The van der Waals surface area contributed by atoms with E-state index in [0.717, 1.165) is 5.39 Å². The fraction of sp³-hybridized carbons (Fsp3) is 0. The number of hydrogen-bond acceptors (Lipinski definition) is 4. The summed E-state index contributed by atoms with van der Waals surface area (Å²) in [4.78, 5) is 4.14. The molecule has 0 bridgehead atoms. The van der Waals surface area contributed by atoms with E-state index in [1.807, 2.05) is 18.2 Å². The van der Waals surface area contributed by atoms with Crippen molar-refractivity contribution in [1.82, 2.24) is 4.98 Å². The second-order valence-corrected chi connectivity index (χ2v) is 4.56. The topological polar surface area (TPSA) is 57.8 Å². The molecule has 0 amide bonds. The Kier molecular flexibility index (Phi) is 3.31. The van der Waals surface area contributed by atoms with E-state index in [9.17, 15) is 5.11 Å². The monoisotopic (exact) mass is 283 g/mol. The molecule has 0 saturated carbocycles. The highest BCUT2D eigenvalue weighted by Crippen LogP contribution is 2.33. The molecule has 1 N–H and O–H groups in total. The normalized spacial score (nSPS) is 11.2. The molecule has 4 nitrogen and oxygen atoms in total. The summed E-state index contributed by atoms with van der Waals surface area (Å²) in [5.74, 6) is 0.122. The Morgan fingerprint density at radius 1 is 0.900 bits per heavy atom. The summed E-state index contributed by atoms with van der Waals surface area (Å²) >= 11 is 6.03. The smallest absolute Gasteiger partial charge is 0.141 e. The zero-order valence-corrected chi connectivity index (χ0v) is 11.1. The van der Waals surface area contributed by atoms with Gasteiger partial charge in [-0.05, 0) is 36.4 Å². The number of aromatic nitrogens is 1. The average Bonchev–Trinajstić information content (AvgIpc) is 2.48. The minimum atomic E-state index is 0.122. The van der Waals surface area contributed by atoms with Gasteiger partial charge in [0.2, 0.25) is 0 Å². The van der Waals surface area contributed by atoms with Crippen LogP contribution in [0.15, 0.2) is 65.0 Å². The lowest BCUT2D eigenvalue weighted by atomic mass is 10.2. The highest BCUT2D eigenvalue weighted by atomic mass is 35.5. The molecule has 0 fully saturated rings. The standard InChI is InChI=1S/C15H10ClN3O/c16-11-5-1-2-6-13(11)19-18-12-7-8-14(20)15-10(12)4-3-9-17-15/h1-9,20H. The molecule has 0 radical (unpaired) electrons. The Morgan fingerprint density at radius 3 is 2.55 bits per heavy atom. The summed E-state index contributed by atoms with van der Waals surface area (Å²) in [5, 5.41) is 19.4. The molecule has 3 aromatic rings. The van der Waals surface area contributed by atoms with E-state index in [0.29, 0.717) is 21.9 Å². The molecule has 0 saturated heterocycles. The molecule has 0 aliphatic heterocycles. The van der Waals surface area contributed by atoms with E-state index in [1.54, 1.807) is 36.5 Å². The predicted molar refractivity (Wildman–Crippen MR) is 79.0 cm³/mol. The number of hydrogen-bond donors (Lipinski definition) is 1. The second kappa shape index (κ2) is 5.27. The van der Waals surface area contributed by atoms with E-state index >= 15 is 0 Å². The summed E-state index contributed by atoms with van der Waals surface area (Å²) in [5.41, 5.74) is 1.73. The molecule has 98 valence electrons. The molecule has 2 aromatic carbocycles. The Bertz CT molecular complexity index is 802. The van der Waals surface area contributed by atoms with Crippen molar-refractivity contribution in [1.29, 1.82) is 0 Å². The molecular weight excluding hydrogens is 274 g/mol. The van der Waals surface area contributed by atoms with Gasteiger partial charge in [-0.15, -0.1) is 10.2 Å². The number of rotatable bonds is 2. The summed E-state index contributed by atoms with van der Waals surface area (Å²) in [7, 11) is 0. The fourth-order valence-corrected chi connectivity index (χ4v) is 2.04. The van der Waals surface area contributed by atoms with Crippen molar-refractivity contribution in [3.8, 4) is 5.75 Å². The minimum absolute atomic E-state index is 0.122. The molecule has 3 rings (SSSR count). The van der Waals surface area contributed by atoms with Gasteiger partial charge >= 0.3 is 0 Å². The Hall–Kier alpha value is -2.46. The highest BCUT2D eigenvalue weighted by molar-refractivity contribution is 6.32. The van der Waals surface area contributed by atoms with Crippen molar-refractivity contribution >= 4 is 33.9 Å². The van der Waals surface area contributed by atoms with Crippen LogP contribution < -0.4 is 0 Å². The molecule has 0 aliphatic rings. The lowest BCUT2D eigenvalue weighted by Gasteiger charge is -2.02. The van der Waals surface area contributed by atoms with Crippen molar-refractivity contribution in [3.05, 3.63) is 59.8 Å². The number of halogens is 1. The average molecular weight is 284 g/mol. The third-order valence-electron chi connectivity index (χ3n) is 2.84. The number of phenolic OH excluding ortho intramolecular Hbond substituents is 1. The maximum Gasteiger partial charge on any atom is 0.141 e.